The molecule has 6 nitrogen and oxygen atoms in total. The molecule has 0 spiro atoms. The molecule has 7 heteroatoms. The van der Waals surface area contributed by atoms with Crippen molar-refractivity contribution in [3.63, 3.8) is 0 Å². The minimum Gasteiger partial charge on any atom is -0.495 e. The van der Waals surface area contributed by atoms with Crippen LogP contribution in [-0.2, 0) is 21.3 Å². The van der Waals surface area contributed by atoms with E-state index in [1.807, 2.05) is 30.3 Å². The molecule has 24 heavy (non-hydrogen) atoms. The van der Waals surface area contributed by atoms with Crippen LogP contribution in [0.5, 0.6) is 5.75 Å². The van der Waals surface area contributed by atoms with Crippen LogP contribution < -0.4 is 4.74 Å². The fraction of sp³-hybridized carbons (Fsp3) is 0.235. The second-order valence-corrected chi connectivity index (χ2v) is 7.12. The maximum absolute atomic E-state index is 12.9. The van der Waals surface area contributed by atoms with Crippen molar-refractivity contribution in [3.05, 3.63) is 59.7 Å². The van der Waals surface area contributed by atoms with Crippen LogP contribution in [0, 0.1) is 0 Å². The van der Waals surface area contributed by atoms with Crippen molar-refractivity contribution < 1.29 is 22.7 Å². The summed E-state index contributed by atoms with van der Waals surface area (Å²) in [5.74, 6) is -0.442. The predicted molar refractivity (Wildman–Crippen MR) is 89.4 cm³/mol. The van der Waals surface area contributed by atoms with Crippen LogP contribution in [-0.4, -0.2) is 40.0 Å². The second-order valence-electron chi connectivity index (χ2n) is 5.10. The third kappa shape index (κ3) is 3.74. The van der Waals surface area contributed by atoms with Crippen LogP contribution in [0.25, 0.3) is 0 Å². The predicted octanol–water partition coefficient (Wildman–Crippen LogP) is 2.30. The van der Waals surface area contributed by atoms with Crippen molar-refractivity contribution in [2.75, 3.05) is 21.3 Å². The minimum absolute atomic E-state index is 0.0775. The molecular formula is C17H19NO5S. The number of benzene rings is 2. The zero-order valence-corrected chi connectivity index (χ0v) is 14.5. The molecule has 0 aliphatic rings. The molecule has 128 valence electrons. The van der Waals surface area contributed by atoms with Crippen molar-refractivity contribution in [2.45, 2.75) is 11.4 Å². The van der Waals surface area contributed by atoms with Gasteiger partial charge < -0.3 is 9.47 Å². The van der Waals surface area contributed by atoms with Crippen LogP contribution in [0.3, 0.4) is 0 Å². The molecule has 0 aromatic heterocycles. The minimum atomic E-state index is -3.84. The summed E-state index contributed by atoms with van der Waals surface area (Å²) in [5, 5.41) is 0. The molecule has 0 saturated carbocycles. The Kier molecular flexibility index (Phi) is 5.58. The first-order chi connectivity index (χ1) is 11.4. The van der Waals surface area contributed by atoms with E-state index in [9.17, 15) is 13.2 Å². The first kappa shape index (κ1) is 18.0. The highest BCUT2D eigenvalue weighted by atomic mass is 32.2. The Morgan fingerprint density at radius 2 is 1.75 bits per heavy atom. The topological polar surface area (TPSA) is 72.9 Å². The van der Waals surface area contributed by atoms with Gasteiger partial charge in [0, 0.05) is 13.6 Å². The fourth-order valence-corrected chi connectivity index (χ4v) is 3.55. The molecule has 0 amide bonds. The highest BCUT2D eigenvalue weighted by molar-refractivity contribution is 7.89. The van der Waals surface area contributed by atoms with Crippen molar-refractivity contribution >= 4 is 16.0 Å². The first-order valence-electron chi connectivity index (χ1n) is 7.16. The lowest BCUT2D eigenvalue weighted by atomic mass is 10.2. The number of carbonyl (C=O) groups is 1. The van der Waals surface area contributed by atoms with Gasteiger partial charge in [0.15, 0.2) is 0 Å². The molecule has 0 unspecified atom stereocenters. The van der Waals surface area contributed by atoms with Gasteiger partial charge in [-0.2, -0.15) is 4.31 Å². The normalized spacial score (nSPS) is 11.3. The van der Waals surface area contributed by atoms with Gasteiger partial charge in [0.25, 0.3) is 0 Å². The number of nitrogens with zero attached hydrogens (tertiary/aromatic N) is 1. The third-order valence-electron chi connectivity index (χ3n) is 3.52. The summed E-state index contributed by atoms with van der Waals surface area (Å²) in [6.07, 6.45) is 0. The van der Waals surface area contributed by atoms with E-state index in [1.165, 1.54) is 43.8 Å². The van der Waals surface area contributed by atoms with Gasteiger partial charge in [-0.05, 0) is 23.8 Å². The Bertz CT molecular complexity index is 818. The molecule has 0 atom stereocenters. The molecule has 0 aliphatic carbocycles. The molecule has 2 aromatic carbocycles. The van der Waals surface area contributed by atoms with Crippen molar-refractivity contribution in [3.8, 4) is 5.75 Å². The van der Waals surface area contributed by atoms with Gasteiger partial charge in [-0.15, -0.1) is 0 Å². The molecule has 0 N–H and O–H groups in total. The SMILES string of the molecule is COC(=O)c1ccc(OC)c(S(=O)(=O)N(C)Cc2ccccc2)c1. The summed E-state index contributed by atoms with van der Waals surface area (Å²) in [7, 11) is 0.252. The zero-order valence-electron chi connectivity index (χ0n) is 13.7. The van der Waals surface area contributed by atoms with Gasteiger partial charge in [-0.1, -0.05) is 30.3 Å². The van der Waals surface area contributed by atoms with E-state index in [0.29, 0.717) is 0 Å². The maximum atomic E-state index is 12.9. The van der Waals surface area contributed by atoms with Crippen LogP contribution in [0.1, 0.15) is 15.9 Å². The van der Waals surface area contributed by atoms with Gasteiger partial charge in [0.1, 0.15) is 10.6 Å². The number of hydrogen-bond donors (Lipinski definition) is 0. The Morgan fingerprint density at radius 3 is 2.33 bits per heavy atom. The average Bonchev–Trinajstić information content (AvgIpc) is 2.61. The van der Waals surface area contributed by atoms with Crippen LogP contribution in [0.2, 0.25) is 0 Å². The highest BCUT2D eigenvalue weighted by Crippen LogP contribution is 2.28. The standard InChI is InChI=1S/C17H19NO5S/c1-18(12-13-7-5-4-6-8-13)24(20,21)16-11-14(17(19)23-3)9-10-15(16)22-2/h4-11H,12H2,1-3H3. The lowest BCUT2D eigenvalue weighted by molar-refractivity contribution is 0.0600. The number of ether oxygens (including phenoxy) is 2. The van der Waals surface area contributed by atoms with Gasteiger partial charge in [-0.3, -0.25) is 0 Å². The number of rotatable bonds is 6. The molecule has 0 bridgehead atoms. The molecule has 0 aliphatic heterocycles. The maximum Gasteiger partial charge on any atom is 0.337 e. The van der Waals surface area contributed by atoms with Crippen LogP contribution in [0.4, 0.5) is 0 Å². The summed E-state index contributed by atoms with van der Waals surface area (Å²) in [5.41, 5.74) is 0.997. The molecule has 2 rings (SSSR count). The summed E-state index contributed by atoms with van der Waals surface area (Å²) in [4.78, 5) is 11.6. The van der Waals surface area contributed by atoms with Crippen LogP contribution in [0.15, 0.2) is 53.4 Å². The van der Waals surface area contributed by atoms with E-state index >= 15 is 0 Å². The summed E-state index contributed by atoms with van der Waals surface area (Å²) < 4.78 is 36.7. The summed E-state index contributed by atoms with van der Waals surface area (Å²) >= 11 is 0. The quantitative estimate of drug-likeness (QED) is 0.748. The lowest BCUT2D eigenvalue weighted by Gasteiger charge is -2.19. The number of sulfonamides is 1. The largest absolute Gasteiger partial charge is 0.495 e. The third-order valence-corrected chi connectivity index (χ3v) is 5.35. The van der Waals surface area contributed by atoms with E-state index in [2.05, 4.69) is 4.74 Å². The molecule has 0 saturated heterocycles. The zero-order chi connectivity index (χ0) is 17.7. The second kappa shape index (κ2) is 7.46. The van der Waals surface area contributed by atoms with Crippen molar-refractivity contribution in [1.82, 2.24) is 4.31 Å². The van der Waals surface area contributed by atoms with Gasteiger partial charge in [-0.25, -0.2) is 13.2 Å². The van der Waals surface area contributed by atoms with Crippen molar-refractivity contribution in [1.29, 1.82) is 0 Å². The summed E-state index contributed by atoms with van der Waals surface area (Å²) in [6.45, 7) is 0.203. The smallest absolute Gasteiger partial charge is 0.337 e. The molecule has 0 fully saturated rings. The van der Waals surface area contributed by atoms with Gasteiger partial charge in [0.05, 0.1) is 19.8 Å². The number of carbonyl (C=O) groups excluding carboxylic acids is 1. The summed E-state index contributed by atoms with van der Waals surface area (Å²) in [6, 6.07) is 13.4. The highest BCUT2D eigenvalue weighted by Gasteiger charge is 2.26. The first-order valence-corrected chi connectivity index (χ1v) is 8.60. The number of hydrogen-bond acceptors (Lipinski definition) is 5. The molecular weight excluding hydrogens is 330 g/mol. The Morgan fingerprint density at radius 1 is 1.08 bits per heavy atom. The molecule has 0 radical (unpaired) electrons. The Balaban J connectivity index is 2.41. The molecule has 2 aromatic rings. The van der Waals surface area contributed by atoms with Crippen LogP contribution >= 0.6 is 0 Å². The van der Waals surface area contributed by atoms with Crippen molar-refractivity contribution in [2.24, 2.45) is 0 Å². The monoisotopic (exact) mass is 349 g/mol. The van der Waals surface area contributed by atoms with Gasteiger partial charge >= 0.3 is 5.97 Å². The van der Waals surface area contributed by atoms with E-state index in [4.69, 9.17) is 4.74 Å². The van der Waals surface area contributed by atoms with Gasteiger partial charge in [0.2, 0.25) is 10.0 Å². The molecule has 0 heterocycles. The average molecular weight is 349 g/mol. The van der Waals surface area contributed by atoms with E-state index in [0.717, 1.165) is 5.56 Å². The van der Waals surface area contributed by atoms with E-state index in [-0.39, 0.29) is 22.8 Å². The van der Waals surface area contributed by atoms with E-state index in [1.54, 1.807) is 0 Å². The fourth-order valence-electron chi connectivity index (χ4n) is 2.22. The Labute approximate surface area is 141 Å². The van der Waals surface area contributed by atoms with E-state index < -0.39 is 16.0 Å². The number of esters is 1. The Hall–Kier alpha value is -2.38. The number of methoxy groups -OCH3 is 2. The lowest BCUT2D eigenvalue weighted by Crippen LogP contribution is -2.27.